The smallest absolute Gasteiger partial charge is 0.323 e. The summed E-state index contributed by atoms with van der Waals surface area (Å²) in [6.07, 6.45) is 5.19. The van der Waals surface area contributed by atoms with Gasteiger partial charge >= 0.3 is 11.9 Å². The van der Waals surface area contributed by atoms with Crippen molar-refractivity contribution < 1.29 is 19.1 Å². The predicted molar refractivity (Wildman–Crippen MR) is 82.9 cm³/mol. The molecule has 0 radical (unpaired) electrons. The molecule has 0 aromatic rings. The lowest BCUT2D eigenvalue weighted by Crippen LogP contribution is -2.39. The summed E-state index contributed by atoms with van der Waals surface area (Å²) in [4.78, 5) is 26.3. The number of likely N-dealkylation sites (N-methyl/N-ethyl adjacent to an activating group) is 1. The Hall–Kier alpha value is -1.36. The standard InChI is InChI=1S/C16H29NO4/c1-6-12-17(5)13-10-9-11-16(4,14(18)20-7-2)15(19)21-8-3/h9-10H,6-8,11-13H2,1-5H3. The molecule has 0 heterocycles. The van der Waals surface area contributed by atoms with Crippen LogP contribution in [0.15, 0.2) is 12.2 Å². The van der Waals surface area contributed by atoms with Crippen LogP contribution in [0.25, 0.3) is 0 Å². The number of allylic oxidation sites excluding steroid dienone is 1. The Morgan fingerprint density at radius 3 is 2.00 bits per heavy atom. The summed E-state index contributed by atoms with van der Waals surface area (Å²) >= 11 is 0. The molecule has 0 atom stereocenters. The Morgan fingerprint density at radius 2 is 1.57 bits per heavy atom. The molecule has 21 heavy (non-hydrogen) atoms. The third-order valence-corrected chi connectivity index (χ3v) is 3.17. The van der Waals surface area contributed by atoms with Gasteiger partial charge in [-0.1, -0.05) is 19.1 Å². The molecular weight excluding hydrogens is 270 g/mol. The lowest BCUT2D eigenvalue weighted by Gasteiger charge is -2.23. The van der Waals surface area contributed by atoms with Gasteiger partial charge in [-0.05, 0) is 47.2 Å². The second kappa shape index (κ2) is 10.4. The van der Waals surface area contributed by atoms with Crippen LogP contribution < -0.4 is 0 Å². The third kappa shape index (κ3) is 6.76. The van der Waals surface area contributed by atoms with E-state index in [0.29, 0.717) is 0 Å². The molecule has 0 aliphatic rings. The minimum absolute atomic E-state index is 0.247. The molecule has 0 rings (SSSR count). The van der Waals surface area contributed by atoms with Crippen LogP contribution in [0.3, 0.4) is 0 Å². The minimum atomic E-state index is -1.27. The molecule has 122 valence electrons. The molecule has 0 N–H and O–H groups in total. The second-order valence-corrected chi connectivity index (χ2v) is 5.21. The van der Waals surface area contributed by atoms with Gasteiger partial charge in [-0.25, -0.2) is 0 Å². The summed E-state index contributed by atoms with van der Waals surface area (Å²) in [6.45, 7) is 9.43. The van der Waals surface area contributed by atoms with Crippen molar-refractivity contribution in [2.75, 3.05) is 33.4 Å². The molecule has 0 aromatic carbocycles. The number of rotatable bonds is 10. The number of hydrogen-bond acceptors (Lipinski definition) is 5. The van der Waals surface area contributed by atoms with Crippen LogP contribution in [0.4, 0.5) is 0 Å². The van der Waals surface area contributed by atoms with Crippen LogP contribution >= 0.6 is 0 Å². The largest absolute Gasteiger partial charge is 0.465 e. The Morgan fingerprint density at radius 1 is 1.05 bits per heavy atom. The lowest BCUT2D eigenvalue weighted by atomic mass is 9.86. The maximum Gasteiger partial charge on any atom is 0.323 e. The van der Waals surface area contributed by atoms with Gasteiger partial charge in [0.05, 0.1) is 13.2 Å². The van der Waals surface area contributed by atoms with Crippen LogP contribution in [0.5, 0.6) is 0 Å². The average molecular weight is 299 g/mol. The highest BCUT2D eigenvalue weighted by molar-refractivity contribution is 5.99. The summed E-state index contributed by atoms with van der Waals surface area (Å²) in [5, 5.41) is 0. The van der Waals surface area contributed by atoms with E-state index >= 15 is 0 Å². The van der Waals surface area contributed by atoms with Gasteiger partial charge in [-0.2, -0.15) is 0 Å². The molecule has 0 spiro atoms. The first-order chi connectivity index (χ1) is 9.92. The molecule has 0 bridgehead atoms. The maximum absolute atomic E-state index is 12.0. The SMILES string of the molecule is CCCN(C)CC=CCC(C)(C(=O)OCC)C(=O)OCC. The van der Waals surface area contributed by atoms with Crippen molar-refractivity contribution in [2.24, 2.45) is 5.41 Å². The van der Waals surface area contributed by atoms with Crippen molar-refractivity contribution in [3.05, 3.63) is 12.2 Å². The van der Waals surface area contributed by atoms with Crippen LogP contribution in [-0.4, -0.2) is 50.2 Å². The number of nitrogens with zero attached hydrogens (tertiary/aromatic N) is 1. The Balaban J connectivity index is 4.72. The number of ether oxygens (including phenoxy) is 2. The van der Waals surface area contributed by atoms with Gasteiger partial charge in [0.1, 0.15) is 0 Å². The van der Waals surface area contributed by atoms with E-state index in [1.165, 1.54) is 0 Å². The number of carbonyl (C=O) groups excluding carboxylic acids is 2. The van der Waals surface area contributed by atoms with Gasteiger partial charge in [-0.3, -0.25) is 9.59 Å². The van der Waals surface area contributed by atoms with E-state index in [0.717, 1.165) is 19.5 Å². The fraction of sp³-hybridized carbons (Fsp3) is 0.750. The van der Waals surface area contributed by atoms with E-state index in [4.69, 9.17) is 9.47 Å². The van der Waals surface area contributed by atoms with Crippen molar-refractivity contribution in [2.45, 2.75) is 40.5 Å². The molecule has 0 amide bonds. The van der Waals surface area contributed by atoms with Crippen molar-refractivity contribution in [1.29, 1.82) is 0 Å². The topological polar surface area (TPSA) is 55.8 Å². The molecule has 0 saturated heterocycles. The normalized spacial score (nSPS) is 11.9. The Kier molecular flexibility index (Phi) is 9.71. The van der Waals surface area contributed by atoms with Crippen LogP contribution in [0.2, 0.25) is 0 Å². The second-order valence-electron chi connectivity index (χ2n) is 5.21. The van der Waals surface area contributed by atoms with Crippen LogP contribution in [0, 0.1) is 5.41 Å². The van der Waals surface area contributed by atoms with Crippen molar-refractivity contribution in [1.82, 2.24) is 4.90 Å². The van der Waals surface area contributed by atoms with Gasteiger partial charge in [-0.15, -0.1) is 0 Å². The highest BCUT2D eigenvalue weighted by atomic mass is 16.6. The first-order valence-corrected chi connectivity index (χ1v) is 7.60. The molecule has 0 fully saturated rings. The third-order valence-electron chi connectivity index (χ3n) is 3.17. The summed E-state index contributed by atoms with van der Waals surface area (Å²) in [5.41, 5.74) is -1.27. The van der Waals surface area contributed by atoms with Crippen LogP contribution in [-0.2, 0) is 19.1 Å². The van der Waals surface area contributed by atoms with E-state index < -0.39 is 17.4 Å². The van der Waals surface area contributed by atoms with Gasteiger partial charge in [0.25, 0.3) is 0 Å². The number of carbonyl (C=O) groups is 2. The predicted octanol–water partition coefficient (Wildman–Crippen LogP) is 2.41. The zero-order chi connectivity index (χ0) is 16.3. The van der Waals surface area contributed by atoms with E-state index in [1.807, 2.05) is 19.2 Å². The van der Waals surface area contributed by atoms with Crippen molar-refractivity contribution >= 4 is 11.9 Å². The van der Waals surface area contributed by atoms with Gasteiger partial charge in [0.2, 0.25) is 0 Å². The molecular formula is C16H29NO4. The zero-order valence-corrected chi connectivity index (χ0v) is 14.0. The quantitative estimate of drug-likeness (QED) is 0.352. The van der Waals surface area contributed by atoms with E-state index in [9.17, 15) is 9.59 Å². The molecule has 0 aromatic heterocycles. The summed E-state index contributed by atoms with van der Waals surface area (Å²) < 4.78 is 10.0. The lowest BCUT2D eigenvalue weighted by molar-refractivity contribution is -0.170. The van der Waals surface area contributed by atoms with Gasteiger partial charge in [0.15, 0.2) is 5.41 Å². The number of hydrogen-bond donors (Lipinski definition) is 0. The Bertz CT molecular complexity index is 334. The molecule has 5 heteroatoms. The average Bonchev–Trinajstić information content (AvgIpc) is 2.44. The van der Waals surface area contributed by atoms with E-state index in [1.54, 1.807) is 20.8 Å². The van der Waals surface area contributed by atoms with E-state index in [-0.39, 0.29) is 19.6 Å². The summed E-state index contributed by atoms with van der Waals surface area (Å²) in [5.74, 6) is -1.06. The maximum atomic E-state index is 12.0. The van der Waals surface area contributed by atoms with Crippen molar-refractivity contribution in [3.8, 4) is 0 Å². The fourth-order valence-electron chi connectivity index (χ4n) is 1.88. The fourth-order valence-corrected chi connectivity index (χ4v) is 1.88. The van der Waals surface area contributed by atoms with E-state index in [2.05, 4.69) is 11.8 Å². The molecule has 0 aliphatic heterocycles. The first kappa shape index (κ1) is 19.6. The highest BCUT2D eigenvalue weighted by Gasteiger charge is 2.43. The number of esters is 2. The molecule has 0 aliphatic carbocycles. The Labute approximate surface area is 128 Å². The van der Waals surface area contributed by atoms with Crippen LogP contribution in [0.1, 0.15) is 40.5 Å². The monoisotopic (exact) mass is 299 g/mol. The van der Waals surface area contributed by atoms with Gasteiger partial charge in [0, 0.05) is 6.54 Å². The summed E-state index contributed by atoms with van der Waals surface area (Å²) in [6, 6.07) is 0. The molecule has 0 unspecified atom stereocenters. The molecule has 5 nitrogen and oxygen atoms in total. The van der Waals surface area contributed by atoms with Gasteiger partial charge < -0.3 is 14.4 Å². The first-order valence-electron chi connectivity index (χ1n) is 7.60. The zero-order valence-electron chi connectivity index (χ0n) is 14.0. The highest BCUT2D eigenvalue weighted by Crippen LogP contribution is 2.26. The van der Waals surface area contributed by atoms with Crippen molar-refractivity contribution in [3.63, 3.8) is 0 Å². The minimum Gasteiger partial charge on any atom is -0.465 e. The molecule has 0 saturated carbocycles. The summed E-state index contributed by atoms with van der Waals surface area (Å²) in [7, 11) is 2.03.